The van der Waals surface area contributed by atoms with Crippen molar-refractivity contribution >= 4 is 28.2 Å². The van der Waals surface area contributed by atoms with Crippen LogP contribution in [0, 0.1) is 0 Å². The minimum absolute atomic E-state index is 0.263. The fourth-order valence-electron chi connectivity index (χ4n) is 1.39. The molecule has 6 nitrogen and oxygen atoms in total. The van der Waals surface area contributed by atoms with Gasteiger partial charge in [-0.3, -0.25) is 5.32 Å². The number of anilines is 2. The number of rotatable bonds is 4. The molecule has 100 valence electrons. The predicted octanol–water partition coefficient (Wildman–Crippen LogP) is 1.93. The van der Waals surface area contributed by atoms with Crippen LogP contribution in [-0.4, -0.2) is 30.1 Å². The number of carbonyl (C=O) groups excluding carboxylic acids is 1. The van der Waals surface area contributed by atoms with Gasteiger partial charge in [-0.15, -0.1) is 11.3 Å². The highest BCUT2D eigenvalue weighted by Crippen LogP contribution is 2.14. The zero-order valence-corrected chi connectivity index (χ0v) is 11.6. The fourth-order valence-corrected chi connectivity index (χ4v) is 2.00. The number of hydrogen-bond donors (Lipinski definition) is 2. The van der Waals surface area contributed by atoms with Gasteiger partial charge in [-0.05, 0) is 23.6 Å². The van der Waals surface area contributed by atoms with Crippen molar-refractivity contribution in [1.29, 1.82) is 0 Å². The minimum Gasteiger partial charge on any atom is -0.363 e. The Kier molecular flexibility index (Phi) is 4.30. The van der Waals surface area contributed by atoms with Crippen molar-refractivity contribution in [2.75, 3.05) is 24.3 Å². The van der Waals surface area contributed by atoms with Crippen LogP contribution >= 0.6 is 11.3 Å². The van der Waals surface area contributed by atoms with Crippen molar-refractivity contribution in [2.24, 2.45) is 0 Å². The van der Waals surface area contributed by atoms with Gasteiger partial charge >= 0.3 is 6.03 Å². The first-order valence-corrected chi connectivity index (χ1v) is 6.61. The minimum atomic E-state index is -0.263. The number of urea groups is 1. The monoisotopic (exact) mass is 277 g/mol. The molecule has 2 aromatic heterocycles. The van der Waals surface area contributed by atoms with Crippen molar-refractivity contribution < 1.29 is 4.79 Å². The molecule has 0 radical (unpaired) electrons. The molecule has 0 saturated carbocycles. The van der Waals surface area contributed by atoms with Crippen LogP contribution in [-0.2, 0) is 6.54 Å². The Morgan fingerprint density at radius 1 is 1.42 bits per heavy atom. The first-order valence-electron chi connectivity index (χ1n) is 5.73. The summed E-state index contributed by atoms with van der Waals surface area (Å²) in [6, 6.07) is 5.27. The third-order valence-corrected chi connectivity index (χ3v) is 3.10. The number of hydrogen-bond acceptors (Lipinski definition) is 5. The van der Waals surface area contributed by atoms with Gasteiger partial charge in [0.15, 0.2) is 0 Å². The van der Waals surface area contributed by atoms with E-state index in [1.807, 2.05) is 42.6 Å². The first-order chi connectivity index (χ1) is 9.15. The van der Waals surface area contributed by atoms with Crippen LogP contribution in [0.4, 0.5) is 15.6 Å². The van der Waals surface area contributed by atoms with E-state index in [-0.39, 0.29) is 6.03 Å². The van der Waals surface area contributed by atoms with E-state index in [1.165, 1.54) is 11.3 Å². The second kappa shape index (κ2) is 6.14. The molecule has 0 aliphatic carbocycles. The number of nitrogens with one attached hydrogen (secondary N) is 2. The van der Waals surface area contributed by atoms with Gasteiger partial charge in [-0.25, -0.2) is 14.8 Å². The Labute approximate surface area is 115 Å². The molecule has 0 unspecified atom stereocenters. The summed E-state index contributed by atoms with van der Waals surface area (Å²) < 4.78 is 0. The van der Waals surface area contributed by atoms with Crippen LogP contribution in [0.5, 0.6) is 0 Å². The van der Waals surface area contributed by atoms with Gasteiger partial charge in [-0.1, -0.05) is 0 Å². The Hall–Kier alpha value is -2.15. The molecule has 0 aliphatic rings. The highest BCUT2D eigenvalue weighted by molar-refractivity contribution is 7.14. The summed E-state index contributed by atoms with van der Waals surface area (Å²) in [7, 11) is 3.81. The van der Waals surface area contributed by atoms with E-state index in [1.54, 1.807) is 6.20 Å². The van der Waals surface area contributed by atoms with Crippen molar-refractivity contribution in [3.8, 4) is 0 Å². The molecule has 2 amide bonds. The maximum absolute atomic E-state index is 11.6. The highest BCUT2D eigenvalue weighted by atomic mass is 32.1. The standard InChI is InChI=1S/C12H15N5OS/c1-17(2)10-5-6-13-9(15-10)8-14-12(18)16-11-4-3-7-19-11/h3-7H,8H2,1-2H3,(H2,14,16,18). The van der Waals surface area contributed by atoms with Crippen LogP contribution in [0.15, 0.2) is 29.8 Å². The summed E-state index contributed by atoms with van der Waals surface area (Å²) in [6.07, 6.45) is 1.68. The molecule has 0 saturated heterocycles. The lowest BCUT2D eigenvalue weighted by Gasteiger charge is -2.11. The van der Waals surface area contributed by atoms with E-state index in [4.69, 9.17) is 0 Å². The molecule has 2 N–H and O–H groups in total. The van der Waals surface area contributed by atoms with Crippen LogP contribution in [0.3, 0.4) is 0 Å². The van der Waals surface area contributed by atoms with Crippen molar-refractivity contribution in [3.63, 3.8) is 0 Å². The first kappa shape index (κ1) is 13.3. The molecular weight excluding hydrogens is 262 g/mol. The Balaban J connectivity index is 1.88. The van der Waals surface area contributed by atoms with Gasteiger partial charge in [0.25, 0.3) is 0 Å². The molecule has 7 heteroatoms. The van der Waals surface area contributed by atoms with Crippen LogP contribution < -0.4 is 15.5 Å². The number of carbonyl (C=O) groups is 1. The fraction of sp³-hybridized carbons (Fsp3) is 0.250. The number of thiophene rings is 1. The molecule has 0 bridgehead atoms. The van der Waals surface area contributed by atoms with Crippen LogP contribution in [0.1, 0.15) is 5.82 Å². The Bertz CT molecular complexity index is 541. The molecule has 0 fully saturated rings. The van der Waals surface area contributed by atoms with E-state index in [2.05, 4.69) is 20.6 Å². The zero-order chi connectivity index (χ0) is 13.7. The van der Waals surface area contributed by atoms with Crippen LogP contribution in [0.25, 0.3) is 0 Å². The Morgan fingerprint density at radius 3 is 2.95 bits per heavy atom. The average Bonchev–Trinajstić information content (AvgIpc) is 2.89. The summed E-state index contributed by atoms with van der Waals surface area (Å²) >= 11 is 1.47. The van der Waals surface area contributed by atoms with Gasteiger partial charge < -0.3 is 10.2 Å². The van der Waals surface area contributed by atoms with Gasteiger partial charge in [-0.2, -0.15) is 0 Å². The van der Waals surface area contributed by atoms with Crippen molar-refractivity contribution in [1.82, 2.24) is 15.3 Å². The maximum Gasteiger partial charge on any atom is 0.320 e. The second-order valence-corrected chi connectivity index (χ2v) is 4.96. The lowest BCUT2D eigenvalue weighted by molar-refractivity contribution is 0.251. The maximum atomic E-state index is 11.6. The normalized spacial score (nSPS) is 10.0. The molecule has 0 aromatic carbocycles. The van der Waals surface area contributed by atoms with Gasteiger partial charge in [0, 0.05) is 20.3 Å². The predicted molar refractivity (Wildman–Crippen MR) is 76.5 cm³/mol. The van der Waals surface area contributed by atoms with E-state index >= 15 is 0 Å². The summed E-state index contributed by atoms with van der Waals surface area (Å²) in [5.41, 5.74) is 0. The SMILES string of the molecule is CN(C)c1ccnc(CNC(=O)Nc2cccs2)n1. The van der Waals surface area contributed by atoms with E-state index in [9.17, 15) is 4.79 Å². The highest BCUT2D eigenvalue weighted by Gasteiger charge is 2.05. The summed E-state index contributed by atoms with van der Waals surface area (Å²) in [4.78, 5) is 21.9. The van der Waals surface area contributed by atoms with Gasteiger partial charge in [0.1, 0.15) is 11.6 Å². The number of nitrogens with zero attached hydrogens (tertiary/aromatic N) is 3. The molecular formula is C12H15N5OS. The molecule has 19 heavy (non-hydrogen) atoms. The lowest BCUT2D eigenvalue weighted by Crippen LogP contribution is -2.28. The second-order valence-electron chi connectivity index (χ2n) is 4.01. The van der Waals surface area contributed by atoms with E-state index in [0.717, 1.165) is 10.8 Å². The summed E-state index contributed by atoms with van der Waals surface area (Å²) in [5.74, 6) is 1.39. The third-order valence-electron chi connectivity index (χ3n) is 2.31. The average molecular weight is 277 g/mol. The topological polar surface area (TPSA) is 70.2 Å². The van der Waals surface area contributed by atoms with E-state index in [0.29, 0.717) is 12.4 Å². The zero-order valence-electron chi connectivity index (χ0n) is 10.8. The number of amides is 2. The summed E-state index contributed by atoms with van der Waals surface area (Å²) in [6.45, 7) is 0.291. The van der Waals surface area contributed by atoms with Gasteiger partial charge in [0.2, 0.25) is 0 Å². The Morgan fingerprint density at radius 2 is 2.26 bits per heavy atom. The van der Waals surface area contributed by atoms with Crippen molar-refractivity contribution in [3.05, 3.63) is 35.6 Å². The lowest BCUT2D eigenvalue weighted by atomic mass is 10.5. The summed E-state index contributed by atoms with van der Waals surface area (Å²) in [5, 5.41) is 8.16. The quantitative estimate of drug-likeness (QED) is 0.896. The smallest absolute Gasteiger partial charge is 0.320 e. The molecule has 2 rings (SSSR count). The van der Waals surface area contributed by atoms with Crippen LogP contribution in [0.2, 0.25) is 0 Å². The molecule has 2 heterocycles. The third kappa shape index (κ3) is 3.92. The molecule has 0 aliphatic heterocycles. The largest absolute Gasteiger partial charge is 0.363 e. The molecule has 0 spiro atoms. The van der Waals surface area contributed by atoms with Crippen molar-refractivity contribution in [2.45, 2.75) is 6.54 Å². The number of aromatic nitrogens is 2. The molecule has 0 atom stereocenters. The van der Waals surface area contributed by atoms with E-state index < -0.39 is 0 Å². The van der Waals surface area contributed by atoms with Gasteiger partial charge in [0.05, 0.1) is 11.5 Å². The molecule has 2 aromatic rings.